The van der Waals surface area contributed by atoms with E-state index in [1.165, 1.54) is 0 Å². The van der Waals surface area contributed by atoms with E-state index in [-0.39, 0.29) is 0 Å². The Balaban J connectivity index is 3.05. The van der Waals surface area contributed by atoms with Crippen LogP contribution in [0.5, 0.6) is 0 Å². The van der Waals surface area contributed by atoms with E-state index in [1.54, 1.807) is 21.3 Å². The lowest BCUT2D eigenvalue weighted by atomic mass is 10.1. The molecule has 0 spiro atoms. The van der Waals surface area contributed by atoms with Crippen molar-refractivity contribution in [2.24, 2.45) is 0 Å². The zero-order chi connectivity index (χ0) is 11.1. The van der Waals surface area contributed by atoms with E-state index in [0.717, 1.165) is 5.56 Å². The van der Waals surface area contributed by atoms with Gasteiger partial charge in [0.05, 0.1) is 14.2 Å². The van der Waals surface area contributed by atoms with Gasteiger partial charge in [-0.3, -0.25) is 0 Å². The summed E-state index contributed by atoms with van der Waals surface area (Å²) in [6, 6.07) is 9.80. The Bertz CT molecular complexity index is 317. The molecule has 3 heteroatoms. The number of benzene rings is 1. The van der Waals surface area contributed by atoms with Crippen LogP contribution < -0.4 is 0 Å². The van der Waals surface area contributed by atoms with Gasteiger partial charge in [0.15, 0.2) is 11.5 Å². The first-order valence-corrected chi connectivity index (χ1v) is 4.69. The molecule has 0 heterocycles. The fourth-order valence-electron chi connectivity index (χ4n) is 1.33. The van der Waals surface area contributed by atoms with E-state index in [9.17, 15) is 0 Å². The first-order chi connectivity index (χ1) is 7.33. The average molecular weight is 208 g/mol. The minimum atomic E-state index is 0.397. The number of hydrogen-bond acceptors (Lipinski definition) is 3. The summed E-state index contributed by atoms with van der Waals surface area (Å²) < 4.78 is 15.6. The summed E-state index contributed by atoms with van der Waals surface area (Å²) in [5.41, 5.74) is 0.980. The second-order valence-electron chi connectivity index (χ2n) is 2.96. The van der Waals surface area contributed by atoms with Crippen LogP contribution in [0.2, 0.25) is 0 Å². The lowest BCUT2D eigenvalue weighted by molar-refractivity contribution is 0.153. The van der Waals surface area contributed by atoms with Crippen LogP contribution in [0.15, 0.2) is 36.1 Å². The minimum absolute atomic E-state index is 0.397. The van der Waals surface area contributed by atoms with Crippen molar-refractivity contribution >= 4 is 5.76 Å². The van der Waals surface area contributed by atoms with Crippen molar-refractivity contribution < 1.29 is 14.2 Å². The summed E-state index contributed by atoms with van der Waals surface area (Å²) in [6.07, 6.45) is 0. The molecule has 0 saturated carbocycles. The molecule has 3 nitrogen and oxygen atoms in total. The van der Waals surface area contributed by atoms with Gasteiger partial charge in [0.25, 0.3) is 0 Å². The molecule has 0 fully saturated rings. The molecule has 82 valence electrons. The molecule has 0 aliphatic heterocycles. The van der Waals surface area contributed by atoms with Crippen LogP contribution >= 0.6 is 0 Å². The number of rotatable bonds is 5. The Morgan fingerprint density at radius 2 is 1.67 bits per heavy atom. The average Bonchev–Trinajstić information content (AvgIpc) is 2.30. The largest absolute Gasteiger partial charge is 0.495 e. The Labute approximate surface area is 90.3 Å². The van der Waals surface area contributed by atoms with Gasteiger partial charge in [0, 0.05) is 12.7 Å². The zero-order valence-electron chi connectivity index (χ0n) is 9.32. The fraction of sp³-hybridized carbons (Fsp3) is 0.333. The van der Waals surface area contributed by atoms with Crippen molar-refractivity contribution in [2.75, 3.05) is 27.9 Å². The standard InChI is InChI=1S/C12H16O3/c1-13-9-11(14-2)12(15-3)10-7-5-4-6-8-10/h4-8H,9H2,1-3H3/b12-11-. The maximum Gasteiger partial charge on any atom is 0.166 e. The number of hydrogen-bond donors (Lipinski definition) is 0. The van der Waals surface area contributed by atoms with Gasteiger partial charge < -0.3 is 14.2 Å². The molecule has 0 atom stereocenters. The predicted molar refractivity (Wildman–Crippen MR) is 59.3 cm³/mol. The van der Waals surface area contributed by atoms with Gasteiger partial charge in [-0.25, -0.2) is 0 Å². The highest BCUT2D eigenvalue weighted by Crippen LogP contribution is 2.19. The van der Waals surface area contributed by atoms with Crippen molar-refractivity contribution in [3.8, 4) is 0 Å². The quantitative estimate of drug-likeness (QED) is 0.695. The molecule has 0 aliphatic rings. The van der Waals surface area contributed by atoms with Gasteiger partial charge in [-0.05, 0) is 0 Å². The lowest BCUT2D eigenvalue weighted by Gasteiger charge is -2.12. The van der Waals surface area contributed by atoms with Gasteiger partial charge in [-0.1, -0.05) is 30.3 Å². The summed E-state index contributed by atoms with van der Waals surface area (Å²) in [4.78, 5) is 0. The second-order valence-corrected chi connectivity index (χ2v) is 2.96. The van der Waals surface area contributed by atoms with Crippen molar-refractivity contribution in [3.63, 3.8) is 0 Å². The summed E-state index contributed by atoms with van der Waals surface area (Å²) in [7, 11) is 4.85. The minimum Gasteiger partial charge on any atom is -0.495 e. The summed E-state index contributed by atoms with van der Waals surface area (Å²) in [5.74, 6) is 1.39. The van der Waals surface area contributed by atoms with Gasteiger partial charge >= 0.3 is 0 Å². The molecule has 0 unspecified atom stereocenters. The Morgan fingerprint density at radius 1 is 1.00 bits per heavy atom. The van der Waals surface area contributed by atoms with Crippen LogP contribution in [0.3, 0.4) is 0 Å². The molecule has 1 aromatic rings. The van der Waals surface area contributed by atoms with Gasteiger partial charge in [-0.15, -0.1) is 0 Å². The lowest BCUT2D eigenvalue weighted by Crippen LogP contribution is -2.03. The molecular weight excluding hydrogens is 192 g/mol. The fourth-order valence-corrected chi connectivity index (χ4v) is 1.33. The first kappa shape index (κ1) is 11.6. The summed E-state index contributed by atoms with van der Waals surface area (Å²) in [6.45, 7) is 0.397. The summed E-state index contributed by atoms with van der Waals surface area (Å²) >= 11 is 0. The van der Waals surface area contributed by atoms with E-state index in [4.69, 9.17) is 14.2 Å². The van der Waals surface area contributed by atoms with Crippen molar-refractivity contribution in [2.45, 2.75) is 0 Å². The molecule has 1 aromatic carbocycles. The van der Waals surface area contributed by atoms with E-state index < -0.39 is 0 Å². The van der Waals surface area contributed by atoms with Crippen LogP contribution in [-0.2, 0) is 14.2 Å². The van der Waals surface area contributed by atoms with Gasteiger partial charge in [0.2, 0.25) is 0 Å². The molecule has 0 bridgehead atoms. The predicted octanol–water partition coefficient (Wildman–Crippen LogP) is 2.29. The SMILES string of the molecule is COC/C(OC)=C(/OC)c1ccccc1. The molecule has 0 radical (unpaired) electrons. The molecule has 15 heavy (non-hydrogen) atoms. The Kier molecular flexibility index (Phi) is 4.71. The van der Waals surface area contributed by atoms with E-state index in [2.05, 4.69) is 0 Å². The van der Waals surface area contributed by atoms with Crippen molar-refractivity contribution in [1.29, 1.82) is 0 Å². The van der Waals surface area contributed by atoms with Gasteiger partial charge in [-0.2, -0.15) is 0 Å². The Morgan fingerprint density at radius 3 is 2.13 bits per heavy atom. The highest BCUT2D eigenvalue weighted by atomic mass is 16.5. The maximum absolute atomic E-state index is 5.32. The van der Waals surface area contributed by atoms with Crippen LogP contribution in [0, 0.1) is 0 Å². The monoisotopic (exact) mass is 208 g/mol. The highest BCUT2D eigenvalue weighted by Gasteiger charge is 2.09. The molecule has 1 rings (SSSR count). The Hall–Kier alpha value is -1.48. The first-order valence-electron chi connectivity index (χ1n) is 4.69. The van der Waals surface area contributed by atoms with Crippen molar-refractivity contribution in [1.82, 2.24) is 0 Å². The zero-order valence-corrected chi connectivity index (χ0v) is 9.32. The topological polar surface area (TPSA) is 27.7 Å². The van der Waals surface area contributed by atoms with E-state index in [0.29, 0.717) is 18.1 Å². The van der Waals surface area contributed by atoms with E-state index in [1.807, 2.05) is 30.3 Å². The van der Waals surface area contributed by atoms with E-state index >= 15 is 0 Å². The third-order valence-electron chi connectivity index (χ3n) is 2.02. The molecule has 0 N–H and O–H groups in total. The second kappa shape index (κ2) is 6.09. The molecule has 0 amide bonds. The smallest absolute Gasteiger partial charge is 0.166 e. The van der Waals surface area contributed by atoms with Crippen molar-refractivity contribution in [3.05, 3.63) is 41.7 Å². The van der Waals surface area contributed by atoms with Crippen LogP contribution in [0.1, 0.15) is 5.56 Å². The number of methoxy groups -OCH3 is 3. The summed E-state index contributed by atoms with van der Waals surface area (Å²) in [5, 5.41) is 0. The highest BCUT2D eigenvalue weighted by molar-refractivity contribution is 5.61. The van der Waals surface area contributed by atoms with Gasteiger partial charge in [0.1, 0.15) is 6.61 Å². The normalized spacial score (nSPS) is 11.9. The molecular formula is C12H16O3. The molecule has 0 aromatic heterocycles. The van der Waals surface area contributed by atoms with Crippen LogP contribution in [-0.4, -0.2) is 27.9 Å². The third-order valence-corrected chi connectivity index (χ3v) is 2.02. The maximum atomic E-state index is 5.32. The molecule has 0 saturated heterocycles. The van der Waals surface area contributed by atoms with Crippen LogP contribution in [0.4, 0.5) is 0 Å². The molecule has 0 aliphatic carbocycles. The number of ether oxygens (including phenoxy) is 3. The van der Waals surface area contributed by atoms with Crippen LogP contribution in [0.25, 0.3) is 5.76 Å². The third kappa shape index (κ3) is 2.99.